The van der Waals surface area contributed by atoms with Gasteiger partial charge in [0.15, 0.2) is 9.84 Å². The van der Waals surface area contributed by atoms with E-state index in [2.05, 4.69) is 5.32 Å². The molecule has 1 N–H and O–H groups in total. The van der Waals surface area contributed by atoms with E-state index in [1.807, 2.05) is 7.05 Å². The standard InChI is InChI=1S/C10H20N2O3S/c1-11-7-9-3-5-12(6-4-9)10(13)8-16(2,14)15/h9,11H,3-8H2,1-2H3. The van der Waals surface area contributed by atoms with Crippen LogP contribution >= 0.6 is 0 Å². The summed E-state index contributed by atoms with van der Waals surface area (Å²) in [5.74, 6) is -0.0124. The Balaban J connectivity index is 2.39. The molecule has 0 aromatic carbocycles. The van der Waals surface area contributed by atoms with Crippen molar-refractivity contribution in [1.29, 1.82) is 0 Å². The smallest absolute Gasteiger partial charge is 0.237 e. The Morgan fingerprint density at radius 2 is 1.94 bits per heavy atom. The van der Waals surface area contributed by atoms with Crippen LogP contribution in [0.4, 0.5) is 0 Å². The molecule has 1 aliphatic rings. The summed E-state index contributed by atoms with van der Waals surface area (Å²) in [4.78, 5) is 13.3. The summed E-state index contributed by atoms with van der Waals surface area (Å²) in [5, 5.41) is 3.12. The second-order valence-corrected chi connectivity index (χ2v) is 6.59. The van der Waals surface area contributed by atoms with Gasteiger partial charge < -0.3 is 10.2 Å². The van der Waals surface area contributed by atoms with Gasteiger partial charge in [-0.25, -0.2) is 8.42 Å². The normalized spacial score (nSPS) is 18.8. The van der Waals surface area contributed by atoms with Gasteiger partial charge in [-0.1, -0.05) is 0 Å². The van der Waals surface area contributed by atoms with Crippen LogP contribution < -0.4 is 5.32 Å². The number of sulfone groups is 1. The van der Waals surface area contributed by atoms with Gasteiger partial charge in [-0.3, -0.25) is 4.79 Å². The van der Waals surface area contributed by atoms with E-state index < -0.39 is 9.84 Å². The van der Waals surface area contributed by atoms with Gasteiger partial charge in [0, 0.05) is 19.3 Å². The number of hydrogen-bond donors (Lipinski definition) is 1. The van der Waals surface area contributed by atoms with Gasteiger partial charge in [-0.05, 0) is 32.4 Å². The Kier molecular flexibility index (Phi) is 4.73. The lowest BCUT2D eigenvalue weighted by Crippen LogP contribution is -2.42. The molecule has 0 spiro atoms. The topological polar surface area (TPSA) is 66.5 Å². The minimum absolute atomic E-state index is 0.259. The summed E-state index contributed by atoms with van der Waals surface area (Å²) >= 11 is 0. The maximum atomic E-state index is 11.6. The summed E-state index contributed by atoms with van der Waals surface area (Å²) in [6, 6.07) is 0. The van der Waals surface area contributed by atoms with Crippen molar-refractivity contribution in [3.05, 3.63) is 0 Å². The van der Waals surface area contributed by atoms with Crippen LogP contribution in [0, 0.1) is 5.92 Å². The fraction of sp³-hybridized carbons (Fsp3) is 0.900. The summed E-state index contributed by atoms with van der Waals surface area (Å²) < 4.78 is 22.0. The first kappa shape index (κ1) is 13.4. The predicted octanol–water partition coefficient (Wildman–Crippen LogP) is -0.511. The fourth-order valence-corrected chi connectivity index (χ4v) is 2.62. The zero-order valence-electron chi connectivity index (χ0n) is 9.90. The number of nitrogens with zero attached hydrogens (tertiary/aromatic N) is 1. The molecule has 6 heteroatoms. The zero-order valence-corrected chi connectivity index (χ0v) is 10.7. The molecule has 0 radical (unpaired) electrons. The van der Waals surface area contributed by atoms with Crippen LogP contribution in [0.5, 0.6) is 0 Å². The molecule has 0 unspecified atom stereocenters. The molecule has 5 nitrogen and oxygen atoms in total. The third-order valence-corrected chi connectivity index (χ3v) is 3.62. The van der Waals surface area contributed by atoms with Crippen molar-refractivity contribution < 1.29 is 13.2 Å². The van der Waals surface area contributed by atoms with Crippen LogP contribution in [0.2, 0.25) is 0 Å². The van der Waals surface area contributed by atoms with Crippen molar-refractivity contribution in [2.24, 2.45) is 5.92 Å². The Labute approximate surface area is 97.1 Å². The average Bonchev–Trinajstić information content (AvgIpc) is 2.16. The molecule has 94 valence electrons. The largest absolute Gasteiger partial charge is 0.342 e. The molecule has 1 amide bonds. The molecule has 1 aliphatic heterocycles. The van der Waals surface area contributed by atoms with Gasteiger partial charge in [0.2, 0.25) is 5.91 Å². The fourth-order valence-electron chi connectivity index (χ4n) is 1.99. The van der Waals surface area contributed by atoms with Crippen molar-refractivity contribution in [3.63, 3.8) is 0 Å². The van der Waals surface area contributed by atoms with Crippen LogP contribution in [0.3, 0.4) is 0 Å². The van der Waals surface area contributed by atoms with Crippen LogP contribution in [0.25, 0.3) is 0 Å². The molecule has 0 atom stereocenters. The summed E-state index contributed by atoms with van der Waals surface area (Å²) in [6.45, 7) is 2.33. The molecule has 1 fully saturated rings. The van der Waals surface area contributed by atoms with Gasteiger partial charge in [0.05, 0.1) is 0 Å². The minimum atomic E-state index is -3.20. The van der Waals surface area contributed by atoms with Gasteiger partial charge in [0.1, 0.15) is 5.75 Å². The number of piperidine rings is 1. The summed E-state index contributed by atoms with van der Waals surface area (Å²) in [5.41, 5.74) is 0. The van der Waals surface area contributed by atoms with Crippen molar-refractivity contribution in [3.8, 4) is 0 Å². The lowest BCUT2D eigenvalue weighted by atomic mass is 9.97. The molecular weight excluding hydrogens is 228 g/mol. The third-order valence-electron chi connectivity index (χ3n) is 2.85. The second kappa shape index (κ2) is 5.63. The summed E-state index contributed by atoms with van der Waals surface area (Å²) in [6.07, 6.45) is 3.01. The molecule has 1 rings (SSSR count). The number of carbonyl (C=O) groups excluding carboxylic acids is 1. The van der Waals surface area contributed by atoms with Crippen molar-refractivity contribution >= 4 is 15.7 Å². The number of likely N-dealkylation sites (tertiary alicyclic amines) is 1. The molecule has 1 heterocycles. The van der Waals surface area contributed by atoms with E-state index in [0.717, 1.165) is 25.6 Å². The highest BCUT2D eigenvalue weighted by Crippen LogP contribution is 2.16. The number of hydrogen-bond acceptors (Lipinski definition) is 4. The highest BCUT2D eigenvalue weighted by Gasteiger charge is 2.24. The van der Waals surface area contributed by atoms with Crippen molar-refractivity contribution in [2.75, 3.05) is 38.7 Å². The van der Waals surface area contributed by atoms with Crippen LogP contribution in [-0.2, 0) is 14.6 Å². The quantitative estimate of drug-likeness (QED) is 0.727. The van der Waals surface area contributed by atoms with E-state index in [9.17, 15) is 13.2 Å². The first-order valence-corrected chi connectivity index (χ1v) is 7.58. The van der Waals surface area contributed by atoms with E-state index in [1.54, 1.807) is 4.90 Å². The molecule has 0 aromatic heterocycles. The van der Waals surface area contributed by atoms with E-state index >= 15 is 0 Å². The highest BCUT2D eigenvalue weighted by molar-refractivity contribution is 7.91. The Hall–Kier alpha value is -0.620. The number of amides is 1. The highest BCUT2D eigenvalue weighted by atomic mass is 32.2. The number of nitrogens with one attached hydrogen (secondary N) is 1. The zero-order chi connectivity index (χ0) is 12.2. The lowest BCUT2D eigenvalue weighted by molar-refractivity contribution is -0.129. The molecule has 16 heavy (non-hydrogen) atoms. The molecule has 1 saturated heterocycles. The number of rotatable bonds is 4. The number of carbonyl (C=O) groups is 1. The Bertz CT molecular complexity index is 332. The van der Waals surface area contributed by atoms with E-state index in [4.69, 9.17) is 0 Å². The van der Waals surface area contributed by atoms with Gasteiger partial charge in [0.25, 0.3) is 0 Å². The third kappa shape index (κ3) is 4.49. The minimum Gasteiger partial charge on any atom is -0.342 e. The van der Waals surface area contributed by atoms with Crippen molar-refractivity contribution in [1.82, 2.24) is 10.2 Å². The van der Waals surface area contributed by atoms with Gasteiger partial charge >= 0.3 is 0 Å². The van der Waals surface area contributed by atoms with Crippen LogP contribution in [-0.4, -0.2) is 57.9 Å². The first-order chi connectivity index (χ1) is 7.42. The maximum absolute atomic E-state index is 11.6. The second-order valence-electron chi connectivity index (χ2n) is 4.45. The Morgan fingerprint density at radius 3 is 2.38 bits per heavy atom. The van der Waals surface area contributed by atoms with Gasteiger partial charge in [-0.2, -0.15) is 0 Å². The van der Waals surface area contributed by atoms with E-state index in [-0.39, 0.29) is 11.7 Å². The van der Waals surface area contributed by atoms with Crippen LogP contribution in [0.15, 0.2) is 0 Å². The summed E-state index contributed by atoms with van der Waals surface area (Å²) in [7, 11) is -1.28. The van der Waals surface area contributed by atoms with Gasteiger partial charge in [-0.15, -0.1) is 0 Å². The van der Waals surface area contributed by atoms with Crippen LogP contribution in [0.1, 0.15) is 12.8 Å². The molecule has 0 bridgehead atoms. The SMILES string of the molecule is CNCC1CCN(C(=O)CS(C)(=O)=O)CC1. The predicted molar refractivity (Wildman–Crippen MR) is 62.9 cm³/mol. The maximum Gasteiger partial charge on any atom is 0.237 e. The Morgan fingerprint density at radius 1 is 1.38 bits per heavy atom. The lowest BCUT2D eigenvalue weighted by Gasteiger charge is -2.31. The molecule has 0 saturated carbocycles. The van der Waals surface area contributed by atoms with E-state index in [1.165, 1.54) is 0 Å². The first-order valence-electron chi connectivity index (χ1n) is 5.52. The monoisotopic (exact) mass is 248 g/mol. The molecule has 0 aromatic rings. The average molecular weight is 248 g/mol. The molecule has 0 aliphatic carbocycles. The van der Waals surface area contributed by atoms with E-state index in [0.29, 0.717) is 19.0 Å². The molecular formula is C10H20N2O3S. The van der Waals surface area contributed by atoms with Crippen molar-refractivity contribution in [2.45, 2.75) is 12.8 Å².